The molecule has 1 unspecified atom stereocenters. The van der Waals surface area contributed by atoms with Gasteiger partial charge in [-0.15, -0.1) is 0 Å². The molecule has 0 spiro atoms. The number of likely N-dealkylation sites (N-methyl/N-ethyl adjacent to an activating group) is 1. The van der Waals surface area contributed by atoms with Crippen LogP contribution < -0.4 is 5.32 Å². The second-order valence-electron chi connectivity index (χ2n) is 7.75. The van der Waals surface area contributed by atoms with E-state index in [0.717, 1.165) is 51.6 Å². The molecule has 29 heavy (non-hydrogen) atoms. The minimum absolute atomic E-state index is 0.103. The van der Waals surface area contributed by atoms with E-state index in [9.17, 15) is 18.0 Å². The standard InChI is InChI=1S/C18H24F3NO.C4H9NO/c1-4-15(23)16(22(3)5-2)17(10-7-11-17)13-8-6-9-14(12-13)18(19,20)21;1-3-6-4-2-5-1/h6,8-9,12,16H,4-5,7,10-11H2,1-3H3;5H,1-4H2. The lowest BCUT2D eigenvalue weighted by Gasteiger charge is -2.50. The van der Waals surface area contributed by atoms with Gasteiger partial charge in [-0.05, 0) is 38.1 Å². The summed E-state index contributed by atoms with van der Waals surface area (Å²) in [5.41, 5.74) is -0.479. The molecule has 0 aromatic heterocycles. The van der Waals surface area contributed by atoms with Crippen LogP contribution in [0.1, 0.15) is 50.7 Å². The maximum Gasteiger partial charge on any atom is 0.416 e. The van der Waals surface area contributed by atoms with Gasteiger partial charge in [0.05, 0.1) is 24.8 Å². The maximum absolute atomic E-state index is 13.1. The number of hydrogen-bond acceptors (Lipinski definition) is 4. The molecule has 1 saturated carbocycles. The van der Waals surface area contributed by atoms with E-state index in [0.29, 0.717) is 18.5 Å². The Hall–Kier alpha value is -1.44. The molecule has 0 radical (unpaired) electrons. The Bertz CT molecular complexity index is 644. The molecule has 1 heterocycles. The topological polar surface area (TPSA) is 41.6 Å². The van der Waals surface area contributed by atoms with Crippen molar-refractivity contribution in [1.29, 1.82) is 0 Å². The monoisotopic (exact) mass is 414 g/mol. The van der Waals surface area contributed by atoms with Crippen LogP contribution in [0.15, 0.2) is 24.3 Å². The molecule has 0 amide bonds. The van der Waals surface area contributed by atoms with E-state index < -0.39 is 17.2 Å². The first-order chi connectivity index (χ1) is 13.8. The SMILES string of the molecule is C1COCCN1.CCC(=O)C(N(C)CC)C1(c2cccc(C(F)(F)F)c2)CCC1. The van der Waals surface area contributed by atoms with Crippen molar-refractivity contribution in [1.82, 2.24) is 10.2 Å². The molecule has 1 aliphatic heterocycles. The third-order valence-corrected chi connectivity index (χ3v) is 5.97. The number of ketones is 1. The molecule has 1 atom stereocenters. The summed E-state index contributed by atoms with van der Waals surface area (Å²) >= 11 is 0. The molecule has 1 N–H and O–H groups in total. The third-order valence-electron chi connectivity index (χ3n) is 5.97. The molecule has 2 fully saturated rings. The highest BCUT2D eigenvalue weighted by molar-refractivity contribution is 5.86. The Balaban J connectivity index is 0.000000426. The van der Waals surface area contributed by atoms with E-state index in [1.165, 1.54) is 12.1 Å². The Labute approximate surface area is 171 Å². The van der Waals surface area contributed by atoms with E-state index >= 15 is 0 Å². The third kappa shape index (κ3) is 5.80. The Kier molecular flexibility index (Phi) is 8.67. The number of benzene rings is 1. The van der Waals surface area contributed by atoms with Gasteiger partial charge in [0.1, 0.15) is 0 Å². The predicted octanol–water partition coefficient (Wildman–Crippen LogP) is 4.03. The van der Waals surface area contributed by atoms with Gasteiger partial charge in [-0.1, -0.05) is 38.5 Å². The van der Waals surface area contributed by atoms with Gasteiger partial charge < -0.3 is 10.1 Å². The number of alkyl halides is 3. The Morgan fingerprint density at radius 3 is 2.28 bits per heavy atom. The molecule has 2 aliphatic rings. The number of carbonyl (C=O) groups excluding carboxylic acids is 1. The molecule has 1 aromatic carbocycles. The van der Waals surface area contributed by atoms with Gasteiger partial charge in [0.2, 0.25) is 0 Å². The van der Waals surface area contributed by atoms with E-state index in [-0.39, 0.29) is 11.8 Å². The molecule has 0 bridgehead atoms. The van der Waals surface area contributed by atoms with Crippen LogP contribution in [0.25, 0.3) is 0 Å². The van der Waals surface area contributed by atoms with Crippen LogP contribution in [0.2, 0.25) is 0 Å². The molecular weight excluding hydrogens is 381 g/mol. The average molecular weight is 415 g/mol. The number of carbonyl (C=O) groups is 1. The molecular formula is C22H33F3N2O2. The zero-order chi connectivity index (χ0) is 21.5. The van der Waals surface area contributed by atoms with Crippen molar-refractivity contribution >= 4 is 5.78 Å². The Morgan fingerprint density at radius 2 is 1.90 bits per heavy atom. The minimum Gasteiger partial charge on any atom is -0.379 e. The van der Waals surface area contributed by atoms with Crippen molar-refractivity contribution in [2.75, 3.05) is 39.9 Å². The number of ether oxygens (including phenoxy) is 1. The average Bonchev–Trinajstić information content (AvgIpc) is 2.70. The van der Waals surface area contributed by atoms with Crippen LogP contribution in [0.5, 0.6) is 0 Å². The van der Waals surface area contributed by atoms with Gasteiger partial charge in [0.15, 0.2) is 5.78 Å². The highest BCUT2D eigenvalue weighted by Gasteiger charge is 2.50. The molecule has 4 nitrogen and oxygen atoms in total. The number of halogens is 3. The van der Waals surface area contributed by atoms with Gasteiger partial charge >= 0.3 is 6.18 Å². The van der Waals surface area contributed by atoms with Crippen molar-refractivity contribution in [3.8, 4) is 0 Å². The van der Waals surface area contributed by atoms with Gasteiger partial charge in [-0.25, -0.2) is 0 Å². The van der Waals surface area contributed by atoms with Gasteiger partial charge in [-0.2, -0.15) is 13.2 Å². The molecule has 164 valence electrons. The summed E-state index contributed by atoms with van der Waals surface area (Å²) < 4.78 is 44.2. The molecule has 1 aromatic rings. The number of nitrogens with one attached hydrogen (secondary N) is 1. The van der Waals surface area contributed by atoms with Crippen molar-refractivity contribution < 1.29 is 22.7 Å². The van der Waals surface area contributed by atoms with E-state index in [2.05, 4.69) is 5.32 Å². The summed E-state index contributed by atoms with van der Waals surface area (Å²) in [5.74, 6) is 0.103. The molecule has 1 aliphatic carbocycles. The first kappa shape index (κ1) is 23.8. The van der Waals surface area contributed by atoms with Crippen LogP contribution in [-0.4, -0.2) is 56.6 Å². The summed E-state index contributed by atoms with van der Waals surface area (Å²) in [6.45, 7) is 8.31. The van der Waals surface area contributed by atoms with Crippen molar-refractivity contribution in [2.45, 2.75) is 57.2 Å². The highest BCUT2D eigenvalue weighted by Crippen LogP contribution is 2.49. The van der Waals surface area contributed by atoms with Gasteiger partial charge in [0.25, 0.3) is 0 Å². The fraction of sp³-hybridized carbons (Fsp3) is 0.682. The normalized spacial score (nSPS) is 19.7. The van der Waals surface area contributed by atoms with E-state index in [1.807, 2.05) is 25.8 Å². The lowest BCUT2D eigenvalue weighted by atomic mass is 9.58. The van der Waals surface area contributed by atoms with Crippen LogP contribution in [-0.2, 0) is 21.1 Å². The van der Waals surface area contributed by atoms with Gasteiger partial charge in [0, 0.05) is 24.9 Å². The van der Waals surface area contributed by atoms with Crippen molar-refractivity contribution in [3.63, 3.8) is 0 Å². The number of Topliss-reactive ketones (excluding diaryl/α,β-unsaturated/α-hetero) is 1. The van der Waals surface area contributed by atoms with Crippen LogP contribution in [0.3, 0.4) is 0 Å². The van der Waals surface area contributed by atoms with Gasteiger partial charge in [-0.3, -0.25) is 9.69 Å². The van der Waals surface area contributed by atoms with Crippen molar-refractivity contribution in [2.24, 2.45) is 0 Å². The zero-order valence-corrected chi connectivity index (χ0v) is 17.6. The lowest BCUT2D eigenvalue weighted by molar-refractivity contribution is -0.137. The summed E-state index contributed by atoms with van der Waals surface area (Å²) in [6, 6.07) is 5.18. The largest absolute Gasteiger partial charge is 0.416 e. The van der Waals surface area contributed by atoms with E-state index in [4.69, 9.17) is 4.74 Å². The highest BCUT2D eigenvalue weighted by atomic mass is 19.4. The number of morpholine rings is 1. The molecule has 1 saturated heterocycles. The molecule has 7 heteroatoms. The predicted molar refractivity (Wildman–Crippen MR) is 108 cm³/mol. The molecule has 3 rings (SSSR count). The minimum atomic E-state index is -4.36. The summed E-state index contributed by atoms with van der Waals surface area (Å²) in [7, 11) is 1.88. The Morgan fingerprint density at radius 1 is 1.24 bits per heavy atom. The second kappa shape index (κ2) is 10.5. The fourth-order valence-corrected chi connectivity index (χ4v) is 4.15. The first-order valence-corrected chi connectivity index (χ1v) is 10.5. The van der Waals surface area contributed by atoms with E-state index in [1.54, 1.807) is 6.07 Å². The number of nitrogens with zero attached hydrogens (tertiary/aromatic N) is 1. The maximum atomic E-state index is 13.1. The second-order valence-corrected chi connectivity index (χ2v) is 7.75. The van der Waals surface area contributed by atoms with Crippen molar-refractivity contribution in [3.05, 3.63) is 35.4 Å². The fourth-order valence-electron chi connectivity index (χ4n) is 4.15. The van der Waals surface area contributed by atoms with Crippen LogP contribution in [0.4, 0.5) is 13.2 Å². The number of hydrogen-bond donors (Lipinski definition) is 1. The van der Waals surface area contributed by atoms with Crippen LogP contribution in [0, 0.1) is 0 Å². The smallest absolute Gasteiger partial charge is 0.379 e. The lowest BCUT2D eigenvalue weighted by Crippen LogP contribution is -2.57. The van der Waals surface area contributed by atoms with Crippen LogP contribution >= 0.6 is 0 Å². The quantitative estimate of drug-likeness (QED) is 0.763. The summed E-state index contributed by atoms with van der Waals surface area (Å²) in [6.07, 6.45) is -1.50. The first-order valence-electron chi connectivity index (χ1n) is 10.5. The zero-order valence-electron chi connectivity index (χ0n) is 17.6. The summed E-state index contributed by atoms with van der Waals surface area (Å²) in [5, 5.41) is 3.16. The number of rotatable bonds is 6. The summed E-state index contributed by atoms with van der Waals surface area (Å²) in [4.78, 5) is 14.5.